The van der Waals surface area contributed by atoms with E-state index in [9.17, 15) is 4.79 Å². The maximum atomic E-state index is 11.7. The van der Waals surface area contributed by atoms with Crippen LogP contribution < -0.4 is 5.32 Å². The van der Waals surface area contributed by atoms with Crippen LogP contribution in [0.25, 0.3) is 5.69 Å². The molecule has 0 atom stereocenters. The van der Waals surface area contributed by atoms with E-state index >= 15 is 0 Å². The average Bonchev–Trinajstić information content (AvgIpc) is 3.08. The number of hydrogen-bond donors (Lipinski definition) is 1. The SMILES string of the molecule is Cc1nn(-c2ccccc2)c(Cl)c1CN1CC(N2CCNC2=O)C1. The molecule has 4 rings (SSSR count). The summed E-state index contributed by atoms with van der Waals surface area (Å²) < 4.78 is 1.79. The lowest BCUT2D eigenvalue weighted by Gasteiger charge is -2.43. The van der Waals surface area contributed by atoms with Crippen LogP contribution in [-0.4, -0.2) is 57.8 Å². The highest BCUT2D eigenvalue weighted by molar-refractivity contribution is 6.30. The minimum Gasteiger partial charge on any atom is -0.336 e. The van der Waals surface area contributed by atoms with E-state index in [1.807, 2.05) is 42.2 Å². The van der Waals surface area contributed by atoms with E-state index in [1.54, 1.807) is 4.68 Å². The van der Waals surface area contributed by atoms with Gasteiger partial charge >= 0.3 is 6.03 Å². The first-order chi connectivity index (χ1) is 11.6. The Morgan fingerprint density at radius 3 is 2.71 bits per heavy atom. The monoisotopic (exact) mass is 345 g/mol. The number of aryl methyl sites for hydroxylation is 1. The molecule has 2 amide bonds. The van der Waals surface area contributed by atoms with Crippen molar-refractivity contribution in [1.29, 1.82) is 0 Å². The molecule has 2 aliphatic heterocycles. The Morgan fingerprint density at radius 1 is 1.29 bits per heavy atom. The Hall–Kier alpha value is -2.05. The quantitative estimate of drug-likeness (QED) is 0.922. The summed E-state index contributed by atoms with van der Waals surface area (Å²) in [6.45, 7) is 6.10. The predicted molar refractivity (Wildman–Crippen MR) is 92.5 cm³/mol. The fourth-order valence-corrected chi connectivity index (χ4v) is 3.71. The largest absolute Gasteiger partial charge is 0.336 e. The van der Waals surface area contributed by atoms with E-state index in [2.05, 4.69) is 15.3 Å². The average molecular weight is 346 g/mol. The van der Waals surface area contributed by atoms with Gasteiger partial charge in [0.15, 0.2) is 0 Å². The number of nitrogens with one attached hydrogen (secondary N) is 1. The molecule has 2 saturated heterocycles. The number of carbonyl (C=O) groups excluding carboxylic acids is 1. The first-order valence-corrected chi connectivity index (χ1v) is 8.57. The molecule has 0 bridgehead atoms. The molecule has 3 heterocycles. The van der Waals surface area contributed by atoms with E-state index in [4.69, 9.17) is 11.6 Å². The second kappa shape index (κ2) is 6.11. The van der Waals surface area contributed by atoms with Gasteiger partial charge in [0.05, 0.1) is 17.4 Å². The van der Waals surface area contributed by atoms with E-state index in [1.165, 1.54) is 0 Å². The lowest BCUT2D eigenvalue weighted by molar-refractivity contribution is 0.0587. The van der Waals surface area contributed by atoms with Crippen molar-refractivity contribution in [3.8, 4) is 5.69 Å². The molecule has 0 aliphatic carbocycles. The van der Waals surface area contributed by atoms with Crippen molar-refractivity contribution in [3.05, 3.63) is 46.7 Å². The number of hydrogen-bond acceptors (Lipinski definition) is 3. The second-order valence-electron chi connectivity index (χ2n) is 6.38. The Balaban J connectivity index is 1.45. The van der Waals surface area contributed by atoms with Crippen molar-refractivity contribution in [1.82, 2.24) is 24.9 Å². The van der Waals surface area contributed by atoms with Gasteiger partial charge in [-0.1, -0.05) is 29.8 Å². The maximum Gasteiger partial charge on any atom is 0.317 e. The summed E-state index contributed by atoms with van der Waals surface area (Å²) in [6.07, 6.45) is 0. The fraction of sp³-hybridized carbons (Fsp3) is 0.412. The third-order valence-corrected chi connectivity index (χ3v) is 5.16. The number of urea groups is 1. The number of aromatic nitrogens is 2. The first kappa shape index (κ1) is 15.5. The summed E-state index contributed by atoms with van der Waals surface area (Å²) in [5, 5.41) is 8.11. The van der Waals surface area contributed by atoms with Crippen LogP contribution in [0.1, 0.15) is 11.3 Å². The lowest BCUT2D eigenvalue weighted by atomic mass is 10.1. The third-order valence-electron chi connectivity index (χ3n) is 4.77. The minimum absolute atomic E-state index is 0.0609. The van der Waals surface area contributed by atoms with Gasteiger partial charge in [0.2, 0.25) is 0 Å². The van der Waals surface area contributed by atoms with Crippen molar-refractivity contribution in [2.24, 2.45) is 0 Å². The van der Waals surface area contributed by atoms with Crippen LogP contribution >= 0.6 is 11.6 Å². The smallest absolute Gasteiger partial charge is 0.317 e. The van der Waals surface area contributed by atoms with Crippen molar-refractivity contribution in [3.63, 3.8) is 0 Å². The fourth-order valence-electron chi connectivity index (χ4n) is 3.38. The molecule has 0 unspecified atom stereocenters. The zero-order valence-corrected chi connectivity index (χ0v) is 14.3. The van der Waals surface area contributed by atoms with Crippen LogP contribution in [0.3, 0.4) is 0 Å². The third kappa shape index (κ3) is 2.65. The number of likely N-dealkylation sites (tertiary alicyclic amines) is 1. The number of carbonyl (C=O) groups is 1. The van der Waals surface area contributed by atoms with Crippen molar-refractivity contribution >= 4 is 17.6 Å². The van der Waals surface area contributed by atoms with Gasteiger partial charge in [-0.3, -0.25) is 4.90 Å². The summed E-state index contributed by atoms with van der Waals surface area (Å²) in [5.41, 5.74) is 2.98. The van der Waals surface area contributed by atoms with Crippen molar-refractivity contribution in [2.45, 2.75) is 19.5 Å². The summed E-state index contributed by atoms with van der Waals surface area (Å²) in [7, 11) is 0. The highest BCUT2D eigenvalue weighted by Gasteiger charge is 2.37. The highest BCUT2D eigenvalue weighted by Crippen LogP contribution is 2.27. The normalized spacial score (nSPS) is 18.8. The van der Waals surface area contributed by atoms with Gasteiger partial charge < -0.3 is 10.2 Å². The zero-order chi connectivity index (χ0) is 16.7. The van der Waals surface area contributed by atoms with Gasteiger partial charge in [0.25, 0.3) is 0 Å². The number of rotatable bonds is 4. The lowest BCUT2D eigenvalue weighted by Crippen LogP contribution is -2.59. The molecule has 0 spiro atoms. The molecule has 24 heavy (non-hydrogen) atoms. The Bertz CT molecular complexity index is 754. The van der Waals surface area contributed by atoms with Crippen LogP contribution in [0.4, 0.5) is 4.79 Å². The molecule has 0 saturated carbocycles. The standard InChI is InChI=1S/C17H20ClN5O/c1-12-15(16(18)23(20-12)13-5-3-2-4-6-13)11-21-9-14(10-21)22-8-7-19-17(22)24/h2-6,14H,7-11H2,1H3,(H,19,24). The van der Waals surface area contributed by atoms with E-state index in [-0.39, 0.29) is 6.03 Å². The molecule has 7 heteroatoms. The second-order valence-corrected chi connectivity index (χ2v) is 6.73. The van der Waals surface area contributed by atoms with Crippen LogP contribution in [0.5, 0.6) is 0 Å². The number of benzene rings is 1. The minimum atomic E-state index is 0.0609. The van der Waals surface area contributed by atoms with Gasteiger partial charge in [-0.05, 0) is 19.1 Å². The van der Waals surface area contributed by atoms with Crippen LogP contribution in [0.2, 0.25) is 5.15 Å². The molecule has 0 radical (unpaired) electrons. The zero-order valence-electron chi connectivity index (χ0n) is 13.6. The van der Waals surface area contributed by atoms with Crippen molar-refractivity contribution < 1.29 is 4.79 Å². The molecule has 1 aromatic heterocycles. The summed E-state index contributed by atoms with van der Waals surface area (Å²) in [6, 6.07) is 10.3. The van der Waals surface area contributed by atoms with Gasteiger partial charge in [-0.25, -0.2) is 9.48 Å². The highest BCUT2D eigenvalue weighted by atomic mass is 35.5. The van der Waals surface area contributed by atoms with Crippen LogP contribution in [0.15, 0.2) is 30.3 Å². The van der Waals surface area contributed by atoms with E-state index in [0.29, 0.717) is 11.2 Å². The van der Waals surface area contributed by atoms with E-state index < -0.39 is 0 Å². The molecular weight excluding hydrogens is 326 g/mol. The Morgan fingerprint density at radius 2 is 2.04 bits per heavy atom. The topological polar surface area (TPSA) is 53.4 Å². The van der Waals surface area contributed by atoms with Gasteiger partial charge in [-0.15, -0.1) is 0 Å². The van der Waals surface area contributed by atoms with Gasteiger partial charge in [0.1, 0.15) is 5.15 Å². The predicted octanol–water partition coefficient (Wildman–Crippen LogP) is 2.04. The number of amides is 2. The Kier molecular flexibility index (Phi) is 3.94. The summed E-state index contributed by atoms with van der Waals surface area (Å²) >= 11 is 6.58. The van der Waals surface area contributed by atoms with Crippen LogP contribution in [0, 0.1) is 6.92 Å². The number of halogens is 1. The molecule has 2 aromatic rings. The summed E-state index contributed by atoms with van der Waals surface area (Å²) in [4.78, 5) is 15.9. The molecular formula is C17H20ClN5O. The molecule has 2 aliphatic rings. The number of nitrogens with zero attached hydrogens (tertiary/aromatic N) is 4. The number of para-hydroxylation sites is 1. The van der Waals surface area contributed by atoms with Crippen LogP contribution in [-0.2, 0) is 6.54 Å². The Labute approximate surface area is 146 Å². The van der Waals surface area contributed by atoms with Gasteiger partial charge in [-0.2, -0.15) is 5.10 Å². The van der Waals surface area contributed by atoms with Gasteiger partial charge in [0, 0.05) is 38.3 Å². The first-order valence-electron chi connectivity index (χ1n) is 8.19. The van der Waals surface area contributed by atoms with Crippen molar-refractivity contribution in [2.75, 3.05) is 26.2 Å². The van der Waals surface area contributed by atoms with E-state index in [0.717, 1.165) is 49.7 Å². The summed E-state index contributed by atoms with van der Waals surface area (Å²) in [5.74, 6) is 0. The molecule has 2 fully saturated rings. The maximum absolute atomic E-state index is 11.7. The molecule has 1 N–H and O–H groups in total. The molecule has 126 valence electrons. The molecule has 1 aromatic carbocycles. The molecule has 6 nitrogen and oxygen atoms in total.